The van der Waals surface area contributed by atoms with Crippen molar-refractivity contribution in [2.75, 3.05) is 13.1 Å². The van der Waals surface area contributed by atoms with Crippen molar-refractivity contribution in [3.05, 3.63) is 17.0 Å². The summed E-state index contributed by atoms with van der Waals surface area (Å²) in [6.45, 7) is 4.73. The summed E-state index contributed by atoms with van der Waals surface area (Å²) in [7, 11) is -3.43. The summed E-state index contributed by atoms with van der Waals surface area (Å²) in [6, 6.07) is 3.46. The second-order valence-electron chi connectivity index (χ2n) is 5.71. The molecule has 0 amide bonds. The summed E-state index contributed by atoms with van der Waals surface area (Å²) in [5.74, 6) is -0.715. The van der Waals surface area contributed by atoms with Gasteiger partial charge in [0.25, 0.3) is 10.0 Å². The van der Waals surface area contributed by atoms with Crippen molar-refractivity contribution in [2.45, 2.75) is 37.3 Å². The van der Waals surface area contributed by atoms with E-state index in [-0.39, 0.29) is 18.3 Å². The molecular formula is C14H21NO4S2. The molecule has 1 aromatic heterocycles. The first-order chi connectivity index (χ1) is 9.80. The molecule has 1 saturated heterocycles. The first-order valence-electron chi connectivity index (χ1n) is 7.09. The van der Waals surface area contributed by atoms with Gasteiger partial charge in [0.1, 0.15) is 4.21 Å². The molecule has 0 bridgehead atoms. The number of carboxylic acids is 1. The molecule has 2 heterocycles. The van der Waals surface area contributed by atoms with E-state index in [1.165, 1.54) is 15.6 Å². The van der Waals surface area contributed by atoms with Gasteiger partial charge in [-0.25, -0.2) is 8.42 Å². The largest absolute Gasteiger partial charge is 0.481 e. The Hall–Kier alpha value is -0.920. The Bertz CT molecular complexity index is 608. The van der Waals surface area contributed by atoms with E-state index >= 15 is 0 Å². The fourth-order valence-electron chi connectivity index (χ4n) is 2.78. The Morgan fingerprint density at radius 2 is 2.24 bits per heavy atom. The van der Waals surface area contributed by atoms with Crippen LogP contribution in [-0.2, 0) is 14.8 Å². The van der Waals surface area contributed by atoms with Crippen LogP contribution in [0.2, 0.25) is 0 Å². The van der Waals surface area contributed by atoms with Crippen LogP contribution in [0.1, 0.15) is 31.1 Å². The molecule has 1 N–H and O–H groups in total. The van der Waals surface area contributed by atoms with Crippen molar-refractivity contribution in [1.29, 1.82) is 0 Å². The Kier molecular flexibility index (Phi) is 5.06. The fourth-order valence-corrected chi connectivity index (χ4v) is 5.75. The maximum Gasteiger partial charge on any atom is 0.303 e. The third-order valence-electron chi connectivity index (χ3n) is 4.03. The van der Waals surface area contributed by atoms with Crippen molar-refractivity contribution >= 4 is 27.3 Å². The van der Waals surface area contributed by atoms with Gasteiger partial charge in [0.15, 0.2) is 0 Å². The third-order valence-corrected chi connectivity index (χ3v) is 7.36. The molecule has 0 radical (unpaired) electrons. The lowest BCUT2D eigenvalue weighted by Crippen LogP contribution is -2.41. The number of nitrogens with zero attached hydrogens (tertiary/aromatic N) is 1. The second kappa shape index (κ2) is 6.46. The van der Waals surface area contributed by atoms with E-state index in [1.807, 2.05) is 19.9 Å². The highest BCUT2D eigenvalue weighted by Crippen LogP contribution is 2.31. The summed E-state index contributed by atoms with van der Waals surface area (Å²) in [4.78, 5) is 11.8. The number of sulfonamides is 1. The van der Waals surface area contributed by atoms with Crippen molar-refractivity contribution < 1.29 is 18.3 Å². The molecule has 2 unspecified atom stereocenters. The average molecular weight is 331 g/mol. The van der Waals surface area contributed by atoms with Gasteiger partial charge in [0.05, 0.1) is 0 Å². The maximum atomic E-state index is 12.6. The fraction of sp³-hybridized carbons (Fsp3) is 0.643. The van der Waals surface area contributed by atoms with E-state index in [1.54, 1.807) is 6.07 Å². The topological polar surface area (TPSA) is 74.7 Å². The zero-order valence-electron chi connectivity index (χ0n) is 12.3. The smallest absolute Gasteiger partial charge is 0.303 e. The zero-order valence-corrected chi connectivity index (χ0v) is 13.9. The van der Waals surface area contributed by atoms with Crippen LogP contribution in [0.5, 0.6) is 0 Å². The Morgan fingerprint density at radius 1 is 1.52 bits per heavy atom. The van der Waals surface area contributed by atoms with Crippen molar-refractivity contribution in [1.82, 2.24) is 4.31 Å². The van der Waals surface area contributed by atoms with E-state index in [4.69, 9.17) is 5.11 Å². The molecule has 7 heteroatoms. The van der Waals surface area contributed by atoms with Crippen LogP contribution in [0.4, 0.5) is 0 Å². The van der Waals surface area contributed by atoms with Gasteiger partial charge in [-0.3, -0.25) is 4.79 Å². The predicted molar refractivity (Wildman–Crippen MR) is 82.0 cm³/mol. The third kappa shape index (κ3) is 3.84. The molecule has 5 nitrogen and oxygen atoms in total. The maximum absolute atomic E-state index is 12.6. The first-order valence-corrected chi connectivity index (χ1v) is 9.34. The minimum Gasteiger partial charge on any atom is -0.481 e. The van der Waals surface area contributed by atoms with Gasteiger partial charge >= 0.3 is 5.97 Å². The standard InChI is InChI=1S/C14H21NO4S2/c1-10(8-13(16)17)12-4-3-7-15(9-12)21(18,19)14-6-5-11(2)20-14/h5-6,10,12H,3-4,7-9H2,1-2H3,(H,16,17). The summed E-state index contributed by atoms with van der Waals surface area (Å²) in [5, 5.41) is 8.89. The van der Waals surface area contributed by atoms with E-state index in [2.05, 4.69) is 0 Å². The summed E-state index contributed by atoms with van der Waals surface area (Å²) < 4.78 is 27.1. The summed E-state index contributed by atoms with van der Waals surface area (Å²) >= 11 is 1.28. The molecule has 2 atom stereocenters. The Labute approximate surface area is 129 Å². The Morgan fingerprint density at radius 3 is 2.81 bits per heavy atom. The average Bonchev–Trinajstić information content (AvgIpc) is 2.85. The van der Waals surface area contributed by atoms with Crippen molar-refractivity contribution in [3.8, 4) is 0 Å². The van der Waals surface area contributed by atoms with Gasteiger partial charge in [-0.1, -0.05) is 6.92 Å². The molecule has 1 aliphatic rings. The number of thiophene rings is 1. The van der Waals surface area contributed by atoms with Gasteiger partial charge < -0.3 is 5.11 Å². The van der Waals surface area contributed by atoms with E-state index in [0.717, 1.165) is 17.7 Å². The molecule has 0 saturated carbocycles. The number of aliphatic carboxylic acids is 1. The molecule has 1 aromatic rings. The van der Waals surface area contributed by atoms with Gasteiger partial charge in [0.2, 0.25) is 0 Å². The minimum absolute atomic E-state index is 0.00873. The number of hydrogen-bond acceptors (Lipinski definition) is 4. The number of piperidine rings is 1. The monoisotopic (exact) mass is 331 g/mol. The number of rotatable bonds is 5. The molecule has 21 heavy (non-hydrogen) atoms. The van der Waals surface area contributed by atoms with E-state index in [9.17, 15) is 13.2 Å². The number of aryl methyl sites for hydroxylation is 1. The van der Waals surface area contributed by atoms with Crippen LogP contribution in [-0.4, -0.2) is 36.9 Å². The summed E-state index contributed by atoms with van der Waals surface area (Å²) in [6.07, 6.45) is 1.78. The predicted octanol–water partition coefficient (Wildman–Crippen LogP) is 2.57. The molecule has 1 aliphatic heterocycles. The lowest BCUT2D eigenvalue weighted by Gasteiger charge is -2.34. The molecule has 0 aliphatic carbocycles. The van der Waals surface area contributed by atoms with E-state index in [0.29, 0.717) is 17.3 Å². The number of carbonyl (C=O) groups is 1. The van der Waals surface area contributed by atoms with Crippen LogP contribution < -0.4 is 0 Å². The summed E-state index contributed by atoms with van der Waals surface area (Å²) in [5.41, 5.74) is 0. The molecule has 0 spiro atoms. The molecule has 0 aromatic carbocycles. The van der Waals surface area contributed by atoms with Gasteiger partial charge in [0, 0.05) is 24.4 Å². The lowest BCUT2D eigenvalue weighted by molar-refractivity contribution is -0.138. The van der Waals surface area contributed by atoms with Gasteiger partial charge in [-0.2, -0.15) is 4.31 Å². The van der Waals surface area contributed by atoms with Crippen LogP contribution in [0.3, 0.4) is 0 Å². The van der Waals surface area contributed by atoms with E-state index < -0.39 is 16.0 Å². The molecule has 2 rings (SSSR count). The first kappa shape index (κ1) is 16.5. The molecular weight excluding hydrogens is 310 g/mol. The highest BCUT2D eigenvalue weighted by Gasteiger charge is 2.33. The van der Waals surface area contributed by atoms with Crippen LogP contribution in [0.15, 0.2) is 16.3 Å². The van der Waals surface area contributed by atoms with Crippen LogP contribution >= 0.6 is 11.3 Å². The molecule has 1 fully saturated rings. The quantitative estimate of drug-likeness (QED) is 0.900. The minimum atomic E-state index is -3.43. The Balaban J connectivity index is 2.12. The lowest BCUT2D eigenvalue weighted by atomic mass is 9.85. The highest BCUT2D eigenvalue weighted by molar-refractivity contribution is 7.91. The van der Waals surface area contributed by atoms with Gasteiger partial charge in [-0.05, 0) is 43.7 Å². The van der Waals surface area contributed by atoms with Gasteiger partial charge in [-0.15, -0.1) is 11.3 Å². The second-order valence-corrected chi connectivity index (χ2v) is 9.16. The van der Waals surface area contributed by atoms with Crippen LogP contribution in [0.25, 0.3) is 0 Å². The van der Waals surface area contributed by atoms with Crippen molar-refractivity contribution in [3.63, 3.8) is 0 Å². The van der Waals surface area contributed by atoms with Crippen molar-refractivity contribution in [2.24, 2.45) is 11.8 Å². The number of hydrogen-bond donors (Lipinski definition) is 1. The number of carboxylic acid groups (broad SMARTS) is 1. The normalized spacial score (nSPS) is 22.1. The zero-order chi connectivity index (χ0) is 15.6. The highest BCUT2D eigenvalue weighted by atomic mass is 32.2. The van der Waals surface area contributed by atoms with Crippen LogP contribution in [0, 0.1) is 18.8 Å². The SMILES string of the molecule is Cc1ccc(S(=O)(=O)N2CCCC(C(C)CC(=O)O)C2)s1. The molecule has 118 valence electrons.